The Bertz CT molecular complexity index is 650. The van der Waals surface area contributed by atoms with Crippen LogP contribution in [0, 0.1) is 6.92 Å². The minimum Gasteiger partial charge on any atom is -0.328 e. The molecule has 0 spiro atoms. The van der Waals surface area contributed by atoms with E-state index in [1.165, 1.54) is 68.7 Å². The molecule has 2 aliphatic rings. The van der Waals surface area contributed by atoms with Gasteiger partial charge in [-0.15, -0.1) is 0 Å². The fourth-order valence-corrected chi connectivity index (χ4v) is 4.28. The average Bonchev–Trinajstić information content (AvgIpc) is 2.78. The summed E-state index contributed by atoms with van der Waals surface area (Å²) in [5.41, 5.74) is 2.50. The number of imidazole rings is 1. The summed E-state index contributed by atoms with van der Waals surface area (Å²) in [6.45, 7) is 5.42. The Balaban J connectivity index is 1.43. The summed E-state index contributed by atoms with van der Waals surface area (Å²) in [4.78, 5) is 11.7. The zero-order valence-corrected chi connectivity index (χ0v) is 14.7. The Hall–Kier alpha value is -1.68. The molecule has 0 bridgehead atoms. The van der Waals surface area contributed by atoms with Gasteiger partial charge >= 0.3 is 0 Å². The van der Waals surface area contributed by atoms with Crippen molar-refractivity contribution in [2.24, 2.45) is 0 Å². The van der Waals surface area contributed by atoms with Crippen LogP contribution in [0.3, 0.4) is 0 Å². The van der Waals surface area contributed by atoms with Crippen molar-refractivity contribution >= 4 is 0 Å². The van der Waals surface area contributed by atoms with Crippen molar-refractivity contribution in [3.8, 4) is 0 Å². The zero-order valence-electron chi connectivity index (χ0n) is 14.7. The maximum atomic E-state index is 4.75. The molecule has 0 aromatic carbocycles. The molecular formula is C20H28N4. The van der Waals surface area contributed by atoms with Crippen LogP contribution in [0.1, 0.15) is 61.5 Å². The summed E-state index contributed by atoms with van der Waals surface area (Å²) < 4.78 is 2.38. The van der Waals surface area contributed by atoms with Gasteiger partial charge in [0.15, 0.2) is 0 Å². The van der Waals surface area contributed by atoms with E-state index < -0.39 is 0 Å². The molecule has 24 heavy (non-hydrogen) atoms. The van der Waals surface area contributed by atoms with E-state index in [1.54, 1.807) is 0 Å². The van der Waals surface area contributed by atoms with Gasteiger partial charge in [0.05, 0.1) is 6.54 Å². The van der Waals surface area contributed by atoms with Crippen LogP contribution in [0.15, 0.2) is 30.7 Å². The number of pyridine rings is 1. The van der Waals surface area contributed by atoms with Crippen LogP contribution >= 0.6 is 0 Å². The lowest BCUT2D eigenvalue weighted by atomic mass is 9.93. The summed E-state index contributed by atoms with van der Waals surface area (Å²) in [6.07, 6.45) is 14.3. The van der Waals surface area contributed by atoms with Crippen molar-refractivity contribution in [1.29, 1.82) is 0 Å². The minimum atomic E-state index is 0.596. The first-order valence-corrected chi connectivity index (χ1v) is 9.46. The number of hydrogen-bond acceptors (Lipinski definition) is 3. The molecule has 4 nitrogen and oxygen atoms in total. The monoisotopic (exact) mass is 324 g/mol. The molecule has 128 valence electrons. The fourth-order valence-electron chi connectivity index (χ4n) is 4.28. The van der Waals surface area contributed by atoms with Crippen molar-refractivity contribution in [3.63, 3.8) is 0 Å². The molecule has 0 N–H and O–H groups in total. The van der Waals surface area contributed by atoms with Gasteiger partial charge in [0.1, 0.15) is 5.82 Å². The van der Waals surface area contributed by atoms with Gasteiger partial charge in [-0.1, -0.05) is 31.7 Å². The largest absolute Gasteiger partial charge is 0.328 e. The van der Waals surface area contributed by atoms with Crippen LogP contribution in [-0.2, 0) is 6.54 Å². The summed E-state index contributed by atoms with van der Waals surface area (Å²) >= 11 is 0. The van der Waals surface area contributed by atoms with Crippen molar-refractivity contribution in [2.45, 2.75) is 64.0 Å². The molecule has 1 saturated carbocycles. The third-order valence-electron chi connectivity index (χ3n) is 5.77. The lowest BCUT2D eigenvalue weighted by Gasteiger charge is -2.44. The van der Waals surface area contributed by atoms with Gasteiger partial charge in [0, 0.05) is 49.3 Å². The van der Waals surface area contributed by atoms with Gasteiger partial charge < -0.3 is 4.57 Å². The summed E-state index contributed by atoms with van der Waals surface area (Å²) in [5, 5.41) is 0. The number of aryl methyl sites for hydroxylation is 1. The van der Waals surface area contributed by atoms with Gasteiger partial charge in [0.25, 0.3) is 0 Å². The molecule has 2 fully saturated rings. The molecular weight excluding hydrogens is 296 g/mol. The van der Waals surface area contributed by atoms with Crippen molar-refractivity contribution in [3.05, 3.63) is 47.8 Å². The molecule has 2 aromatic rings. The second kappa shape index (κ2) is 7.06. The highest BCUT2D eigenvalue weighted by atomic mass is 15.2. The van der Waals surface area contributed by atoms with Crippen LogP contribution in [0.25, 0.3) is 0 Å². The highest BCUT2D eigenvalue weighted by molar-refractivity contribution is 5.17. The van der Waals surface area contributed by atoms with Crippen LogP contribution in [0.4, 0.5) is 0 Å². The first-order chi connectivity index (χ1) is 11.8. The Morgan fingerprint density at radius 1 is 1.08 bits per heavy atom. The van der Waals surface area contributed by atoms with Gasteiger partial charge in [-0.3, -0.25) is 9.88 Å². The summed E-state index contributed by atoms with van der Waals surface area (Å²) in [5.74, 6) is 1.86. The lowest BCUT2D eigenvalue weighted by molar-refractivity contribution is 0.0771. The van der Waals surface area contributed by atoms with Gasteiger partial charge in [-0.05, 0) is 31.4 Å². The van der Waals surface area contributed by atoms with E-state index in [0.29, 0.717) is 5.92 Å². The molecule has 1 saturated heterocycles. The smallest absolute Gasteiger partial charge is 0.114 e. The Morgan fingerprint density at radius 3 is 2.58 bits per heavy atom. The standard InChI is InChI=1S/C20H28N4/c1-16-11-22-20(24(16)13-17-7-6-10-21-12-17)18-14-23(15-18)19-8-4-2-3-5-9-19/h6-7,10-12,18-19H,2-5,8-9,13-15H2,1H3. The van der Waals surface area contributed by atoms with Crippen LogP contribution in [0.5, 0.6) is 0 Å². The molecule has 0 atom stereocenters. The third-order valence-corrected chi connectivity index (χ3v) is 5.77. The Morgan fingerprint density at radius 2 is 1.88 bits per heavy atom. The number of nitrogens with zero attached hydrogens (tertiary/aromatic N) is 4. The molecule has 4 heteroatoms. The normalized spacial score (nSPS) is 20.7. The molecule has 0 amide bonds. The molecule has 0 radical (unpaired) electrons. The van der Waals surface area contributed by atoms with E-state index in [4.69, 9.17) is 4.98 Å². The highest BCUT2D eigenvalue weighted by Gasteiger charge is 2.35. The second-order valence-electron chi connectivity index (χ2n) is 7.50. The van der Waals surface area contributed by atoms with Crippen LogP contribution < -0.4 is 0 Å². The third kappa shape index (κ3) is 3.25. The van der Waals surface area contributed by atoms with Gasteiger partial charge in [-0.2, -0.15) is 0 Å². The van der Waals surface area contributed by atoms with E-state index >= 15 is 0 Å². The molecule has 1 aliphatic heterocycles. The maximum absolute atomic E-state index is 4.75. The molecule has 0 unspecified atom stereocenters. The Kier molecular flexibility index (Phi) is 4.65. The number of aromatic nitrogens is 3. The summed E-state index contributed by atoms with van der Waals surface area (Å²) in [7, 11) is 0. The minimum absolute atomic E-state index is 0.596. The lowest BCUT2D eigenvalue weighted by Crippen LogP contribution is -2.51. The van der Waals surface area contributed by atoms with E-state index in [1.807, 2.05) is 24.7 Å². The van der Waals surface area contributed by atoms with E-state index in [2.05, 4.69) is 27.4 Å². The number of likely N-dealkylation sites (tertiary alicyclic amines) is 1. The Labute approximate surface area is 144 Å². The second-order valence-corrected chi connectivity index (χ2v) is 7.50. The van der Waals surface area contributed by atoms with E-state index in [-0.39, 0.29) is 0 Å². The van der Waals surface area contributed by atoms with E-state index in [9.17, 15) is 0 Å². The molecule has 2 aromatic heterocycles. The maximum Gasteiger partial charge on any atom is 0.114 e. The van der Waals surface area contributed by atoms with Crippen molar-refractivity contribution in [1.82, 2.24) is 19.4 Å². The molecule has 4 rings (SSSR count). The van der Waals surface area contributed by atoms with Gasteiger partial charge in [-0.25, -0.2) is 4.98 Å². The predicted octanol–water partition coefficient (Wildman–Crippen LogP) is 3.76. The highest BCUT2D eigenvalue weighted by Crippen LogP contribution is 2.33. The van der Waals surface area contributed by atoms with Gasteiger partial charge in [0.2, 0.25) is 0 Å². The summed E-state index contributed by atoms with van der Waals surface area (Å²) in [6, 6.07) is 4.99. The SMILES string of the molecule is Cc1cnc(C2CN(C3CCCCCC3)C2)n1Cc1cccnc1. The average molecular weight is 324 g/mol. The van der Waals surface area contributed by atoms with E-state index in [0.717, 1.165) is 12.6 Å². The first-order valence-electron chi connectivity index (χ1n) is 9.46. The van der Waals surface area contributed by atoms with Crippen molar-refractivity contribution < 1.29 is 0 Å². The molecule has 1 aliphatic carbocycles. The number of rotatable bonds is 4. The number of hydrogen-bond donors (Lipinski definition) is 0. The topological polar surface area (TPSA) is 34.0 Å². The van der Waals surface area contributed by atoms with Crippen molar-refractivity contribution in [2.75, 3.05) is 13.1 Å². The van der Waals surface area contributed by atoms with Crippen LogP contribution in [0.2, 0.25) is 0 Å². The van der Waals surface area contributed by atoms with Crippen LogP contribution in [-0.4, -0.2) is 38.6 Å². The molecule has 3 heterocycles. The fraction of sp³-hybridized carbons (Fsp3) is 0.600. The first kappa shape index (κ1) is 15.8. The zero-order chi connectivity index (χ0) is 16.4. The predicted molar refractivity (Wildman–Crippen MR) is 96.1 cm³/mol. The quantitative estimate of drug-likeness (QED) is 0.803.